The number of rotatable bonds is 4. The molecule has 1 N–H and O–H groups in total. The molecule has 0 radical (unpaired) electrons. The summed E-state index contributed by atoms with van der Waals surface area (Å²) in [7, 11) is 0. The molecular formula is C15H10BrF3N4O2S. The smallest absolute Gasteiger partial charge is 0.302 e. The molecule has 3 aromatic rings. The maximum atomic E-state index is 12.5. The van der Waals surface area contributed by atoms with Crippen molar-refractivity contribution in [2.45, 2.75) is 19.1 Å². The first kappa shape index (κ1) is 18.5. The number of nitrogens with zero attached hydrogens (tertiary/aromatic N) is 3. The number of anilines is 1. The molecular weight excluding hydrogens is 437 g/mol. The number of thiazole rings is 1. The van der Waals surface area contributed by atoms with E-state index >= 15 is 0 Å². The normalized spacial score (nSPS) is 11.7. The first-order valence-electron chi connectivity index (χ1n) is 7.21. The van der Waals surface area contributed by atoms with E-state index in [0.29, 0.717) is 28.4 Å². The first-order chi connectivity index (χ1) is 12.2. The number of halogens is 4. The summed E-state index contributed by atoms with van der Waals surface area (Å²) in [5.41, 5.74) is 0.221. The second-order valence-corrected chi connectivity index (χ2v) is 7.18. The first-order valence-corrected chi connectivity index (χ1v) is 8.82. The van der Waals surface area contributed by atoms with Gasteiger partial charge in [0, 0.05) is 17.4 Å². The highest BCUT2D eigenvalue weighted by atomic mass is 79.9. The molecule has 1 amide bonds. The Kier molecular flexibility index (Phi) is 5.10. The van der Waals surface area contributed by atoms with Crippen molar-refractivity contribution in [3.63, 3.8) is 0 Å². The minimum absolute atomic E-state index is 0.0393. The second kappa shape index (κ2) is 7.16. The zero-order valence-corrected chi connectivity index (χ0v) is 15.3. The fourth-order valence-corrected chi connectivity index (χ4v) is 3.22. The number of carbonyl (C=O) groups is 1. The van der Waals surface area contributed by atoms with Crippen molar-refractivity contribution in [1.29, 1.82) is 0 Å². The number of nitrogens with one attached hydrogen (secondary N) is 1. The summed E-state index contributed by atoms with van der Waals surface area (Å²) >= 11 is 3.62. The Balaban J connectivity index is 1.68. The van der Waals surface area contributed by atoms with Crippen LogP contribution < -0.4 is 10.9 Å². The third kappa shape index (κ3) is 4.10. The molecule has 26 heavy (non-hydrogen) atoms. The van der Waals surface area contributed by atoms with Crippen molar-refractivity contribution in [2.75, 3.05) is 5.32 Å². The van der Waals surface area contributed by atoms with Crippen LogP contribution >= 0.6 is 27.3 Å². The average Bonchev–Trinajstić information content (AvgIpc) is 3.03. The molecule has 0 aliphatic carbocycles. The number of fused-ring (bicyclic) bond motifs is 1. The molecule has 0 spiro atoms. The molecule has 0 unspecified atom stereocenters. The number of alkyl halides is 3. The molecule has 1 aromatic carbocycles. The van der Waals surface area contributed by atoms with Crippen LogP contribution in [0.1, 0.15) is 11.3 Å². The van der Waals surface area contributed by atoms with E-state index < -0.39 is 17.0 Å². The molecule has 11 heteroatoms. The van der Waals surface area contributed by atoms with Gasteiger partial charge in [0.25, 0.3) is 5.56 Å². The third-order valence-corrected chi connectivity index (χ3v) is 4.85. The second-order valence-electron chi connectivity index (χ2n) is 5.23. The van der Waals surface area contributed by atoms with Gasteiger partial charge in [-0.1, -0.05) is 27.3 Å². The highest BCUT2D eigenvalue weighted by Crippen LogP contribution is 2.34. The van der Waals surface area contributed by atoms with Crippen LogP contribution in [0.25, 0.3) is 10.9 Å². The van der Waals surface area contributed by atoms with E-state index in [1.54, 1.807) is 18.2 Å². The van der Waals surface area contributed by atoms with Gasteiger partial charge in [-0.2, -0.15) is 13.2 Å². The van der Waals surface area contributed by atoms with Crippen molar-refractivity contribution in [3.8, 4) is 0 Å². The summed E-state index contributed by atoms with van der Waals surface area (Å²) in [6, 6.07) is 5.09. The Morgan fingerprint density at radius 3 is 2.77 bits per heavy atom. The highest BCUT2D eigenvalue weighted by molar-refractivity contribution is 9.10. The molecule has 3 rings (SSSR count). The van der Waals surface area contributed by atoms with E-state index in [0.717, 1.165) is 4.47 Å². The number of aromatic nitrogens is 3. The number of benzene rings is 1. The van der Waals surface area contributed by atoms with E-state index in [2.05, 4.69) is 31.2 Å². The van der Waals surface area contributed by atoms with Gasteiger partial charge in [0.2, 0.25) is 5.91 Å². The predicted molar refractivity (Wildman–Crippen MR) is 94.1 cm³/mol. The number of amides is 1. The number of carbonyl (C=O) groups excluding carboxylic acids is 1. The van der Waals surface area contributed by atoms with Gasteiger partial charge in [0.15, 0.2) is 5.13 Å². The van der Waals surface area contributed by atoms with Crippen molar-refractivity contribution in [2.24, 2.45) is 0 Å². The maximum Gasteiger partial charge on any atom is 0.427 e. The largest absolute Gasteiger partial charge is 0.427 e. The molecule has 0 bridgehead atoms. The van der Waals surface area contributed by atoms with Gasteiger partial charge in [0.1, 0.15) is 4.88 Å². The van der Waals surface area contributed by atoms with E-state index in [1.165, 1.54) is 10.9 Å². The van der Waals surface area contributed by atoms with Crippen LogP contribution in [0.4, 0.5) is 18.3 Å². The zero-order valence-electron chi connectivity index (χ0n) is 12.9. The molecule has 2 aromatic heterocycles. The van der Waals surface area contributed by atoms with Crippen LogP contribution in [0.3, 0.4) is 0 Å². The zero-order chi connectivity index (χ0) is 18.9. The minimum atomic E-state index is -4.50. The van der Waals surface area contributed by atoms with E-state index in [-0.39, 0.29) is 23.7 Å². The van der Waals surface area contributed by atoms with Crippen LogP contribution in [0, 0.1) is 0 Å². The van der Waals surface area contributed by atoms with Crippen LogP contribution in [0.15, 0.2) is 40.0 Å². The van der Waals surface area contributed by atoms with Crippen LogP contribution in [0.5, 0.6) is 0 Å². The molecule has 0 saturated heterocycles. The molecule has 0 aliphatic heterocycles. The fourth-order valence-electron chi connectivity index (χ4n) is 2.16. The Labute approximate surface area is 156 Å². The van der Waals surface area contributed by atoms with Crippen molar-refractivity contribution >= 4 is 49.2 Å². The molecule has 0 atom stereocenters. The van der Waals surface area contributed by atoms with Crippen LogP contribution in [0.2, 0.25) is 0 Å². The van der Waals surface area contributed by atoms with E-state index in [9.17, 15) is 22.8 Å². The average molecular weight is 447 g/mol. The van der Waals surface area contributed by atoms with E-state index in [4.69, 9.17) is 0 Å². The lowest BCUT2D eigenvalue weighted by molar-refractivity contribution is -0.134. The molecule has 2 heterocycles. The van der Waals surface area contributed by atoms with Gasteiger partial charge in [0.05, 0.1) is 23.4 Å². The Morgan fingerprint density at radius 1 is 1.31 bits per heavy atom. The van der Waals surface area contributed by atoms with E-state index in [1.807, 2.05) is 0 Å². The van der Waals surface area contributed by atoms with Gasteiger partial charge in [-0.15, -0.1) is 0 Å². The predicted octanol–water partition coefficient (Wildman–Crippen LogP) is 3.66. The number of hydrogen-bond donors (Lipinski definition) is 1. The summed E-state index contributed by atoms with van der Waals surface area (Å²) in [5, 5.41) is 2.55. The molecule has 6 nitrogen and oxygen atoms in total. The summed E-state index contributed by atoms with van der Waals surface area (Å²) in [5.74, 6) is -0.547. The summed E-state index contributed by atoms with van der Waals surface area (Å²) in [4.78, 5) is 31.1. The topological polar surface area (TPSA) is 76.9 Å². The Bertz CT molecular complexity index is 1030. The number of aryl methyl sites for hydroxylation is 1. The van der Waals surface area contributed by atoms with Crippen molar-refractivity contribution < 1.29 is 18.0 Å². The SMILES string of the molecule is O=C(CCn1cnc2ccc(Br)cc2c1=O)Nc1ncc(C(F)(F)F)s1. The lowest BCUT2D eigenvalue weighted by atomic mass is 10.2. The fraction of sp³-hybridized carbons (Fsp3) is 0.200. The Morgan fingerprint density at radius 2 is 2.08 bits per heavy atom. The van der Waals surface area contributed by atoms with Gasteiger partial charge in [-0.05, 0) is 18.2 Å². The molecule has 0 fully saturated rings. The molecule has 0 aliphatic rings. The maximum absolute atomic E-state index is 12.5. The summed E-state index contributed by atoms with van der Waals surface area (Å²) < 4.78 is 39.6. The van der Waals surface area contributed by atoms with Crippen LogP contribution in [-0.2, 0) is 17.5 Å². The summed E-state index contributed by atoms with van der Waals surface area (Å²) in [6.07, 6.45) is -2.62. The Hall–Kier alpha value is -2.27. The lowest BCUT2D eigenvalue weighted by Gasteiger charge is -2.07. The number of hydrogen-bond acceptors (Lipinski definition) is 5. The van der Waals surface area contributed by atoms with Gasteiger partial charge >= 0.3 is 6.18 Å². The molecule has 0 saturated carbocycles. The third-order valence-electron chi connectivity index (χ3n) is 3.40. The standard InChI is InChI=1S/C15H10BrF3N4O2S/c16-8-1-2-10-9(5-8)13(25)23(7-21-10)4-3-12(24)22-14-20-6-11(26-14)15(17,18)19/h1-2,5-7H,3-4H2,(H,20,22,24). The van der Waals surface area contributed by atoms with Gasteiger partial charge in [-0.25, -0.2) is 9.97 Å². The van der Waals surface area contributed by atoms with Crippen molar-refractivity contribution in [1.82, 2.24) is 14.5 Å². The molecule has 136 valence electrons. The van der Waals surface area contributed by atoms with Crippen molar-refractivity contribution in [3.05, 3.63) is 50.4 Å². The lowest BCUT2D eigenvalue weighted by Crippen LogP contribution is -2.23. The quantitative estimate of drug-likeness (QED) is 0.663. The van der Waals surface area contributed by atoms with Gasteiger partial charge in [-0.3, -0.25) is 14.2 Å². The minimum Gasteiger partial charge on any atom is -0.302 e. The monoisotopic (exact) mass is 446 g/mol. The van der Waals surface area contributed by atoms with Gasteiger partial charge < -0.3 is 5.32 Å². The highest BCUT2D eigenvalue weighted by Gasteiger charge is 2.33. The summed E-state index contributed by atoms with van der Waals surface area (Å²) in [6.45, 7) is 0.0393. The van der Waals surface area contributed by atoms with Crippen LogP contribution in [-0.4, -0.2) is 20.4 Å².